The highest BCUT2D eigenvalue weighted by atomic mass is 16.1. The minimum absolute atomic E-state index is 0.222. The fourth-order valence-electron chi connectivity index (χ4n) is 4.54. The predicted octanol–water partition coefficient (Wildman–Crippen LogP) is 5.20. The molecule has 0 unspecified atom stereocenters. The Morgan fingerprint density at radius 3 is 2.89 bits per heavy atom. The van der Waals surface area contributed by atoms with Gasteiger partial charge in [-0.25, -0.2) is 0 Å². The van der Waals surface area contributed by atoms with Gasteiger partial charge >= 0.3 is 0 Å². The molecule has 2 aromatic rings. The van der Waals surface area contributed by atoms with E-state index in [1.807, 2.05) is 6.20 Å². The van der Waals surface area contributed by atoms with Gasteiger partial charge in [-0.2, -0.15) is 0 Å². The average molecular weight is 368 g/mol. The average Bonchev–Trinajstić information content (AvgIpc) is 3.25. The highest BCUT2D eigenvalue weighted by Gasteiger charge is 2.26. The van der Waals surface area contributed by atoms with Crippen molar-refractivity contribution in [3.05, 3.63) is 76.2 Å². The van der Waals surface area contributed by atoms with Gasteiger partial charge in [0.2, 0.25) is 0 Å². The Labute approximate surface area is 165 Å². The highest BCUT2D eigenvalue weighted by molar-refractivity contribution is 6.26. The number of pyridine rings is 1. The first-order chi connectivity index (χ1) is 13.6. The molecule has 0 saturated heterocycles. The van der Waals surface area contributed by atoms with Crippen LogP contribution in [0.4, 0.5) is 5.69 Å². The van der Waals surface area contributed by atoms with Crippen LogP contribution in [-0.2, 0) is 17.6 Å². The van der Waals surface area contributed by atoms with E-state index < -0.39 is 0 Å². The van der Waals surface area contributed by atoms with Crippen molar-refractivity contribution in [2.24, 2.45) is 0 Å². The van der Waals surface area contributed by atoms with Crippen LogP contribution in [0.15, 0.2) is 53.8 Å². The van der Waals surface area contributed by atoms with E-state index in [0.717, 1.165) is 53.6 Å². The molecular weight excluding hydrogens is 344 g/mol. The number of rotatable bonds is 2. The predicted molar refractivity (Wildman–Crippen MR) is 114 cm³/mol. The van der Waals surface area contributed by atoms with Gasteiger partial charge in [-0.15, -0.1) is 0 Å². The molecule has 140 valence electrons. The number of aryl methyl sites for hydroxylation is 1. The normalized spacial score (nSPS) is 19.2. The summed E-state index contributed by atoms with van der Waals surface area (Å²) in [6, 6.07) is 6.43. The van der Waals surface area contributed by atoms with E-state index in [-0.39, 0.29) is 5.78 Å². The molecule has 28 heavy (non-hydrogen) atoms. The summed E-state index contributed by atoms with van der Waals surface area (Å²) in [5.41, 5.74) is 11.4. The van der Waals surface area contributed by atoms with Crippen molar-refractivity contribution in [2.45, 2.75) is 39.5 Å². The molecule has 3 heteroatoms. The minimum atomic E-state index is 0.222. The second-order valence-corrected chi connectivity index (χ2v) is 8.05. The van der Waals surface area contributed by atoms with Gasteiger partial charge in [0.05, 0.1) is 11.4 Å². The maximum Gasteiger partial charge on any atom is 0.167 e. The summed E-state index contributed by atoms with van der Waals surface area (Å²) in [6.07, 6.45) is 12.1. The van der Waals surface area contributed by atoms with Gasteiger partial charge in [0, 0.05) is 30.3 Å². The third-order valence-corrected chi connectivity index (χ3v) is 6.07. The maximum atomic E-state index is 12.7. The maximum absolute atomic E-state index is 12.7. The van der Waals surface area contributed by atoms with E-state index in [0.29, 0.717) is 6.42 Å². The fourth-order valence-corrected chi connectivity index (χ4v) is 4.54. The van der Waals surface area contributed by atoms with Crippen molar-refractivity contribution in [2.75, 3.05) is 11.9 Å². The first-order valence-corrected chi connectivity index (χ1v) is 10.1. The lowest BCUT2D eigenvalue weighted by atomic mass is 9.94. The topological polar surface area (TPSA) is 42.0 Å². The van der Waals surface area contributed by atoms with E-state index in [1.54, 1.807) is 0 Å². The zero-order chi connectivity index (χ0) is 19.3. The smallest absolute Gasteiger partial charge is 0.167 e. The standard InChI is InChI=1S/C25H24N2O/c1-15-5-6-17(10-15)11-21-20-12-18(7-8-19(20)13-24(21)28)22-14-27-23-4-3-9-26-25(23)16(22)2/h5,7-8,10-12,14,26H,3-4,6,9,13H2,1-2H3/b21-11-. The van der Waals surface area contributed by atoms with Crippen molar-refractivity contribution >= 4 is 17.0 Å². The fraction of sp³-hybridized carbons (Fsp3) is 0.280. The number of benzene rings is 1. The molecule has 1 N–H and O–H groups in total. The molecule has 3 nitrogen and oxygen atoms in total. The SMILES string of the molecule is CC1=CCC(/C=C2\C(=O)Cc3ccc(-c4cnc5c(c4C)NCCC5)cc32)=C1. The van der Waals surface area contributed by atoms with Gasteiger partial charge in [0.25, 0.3) is 0 Å². The summed E-state index contributed by atoms with van der Waals surface area (Å²) in [6.45, 7) is 5.28. The molecule has 0 spiro atoms. The molecule has 1 aromatic heterocycles. The van der Waals surface area contributed by atoms with E-state index in [2.05, 4.69) is 55.6 Å². The summed E-state index contributed by atoms with van der Waals surface area (Å²) in [7, 11) is 0. The number of ketones is 1. The Kier molecular flexibility index (Phi) is 4.04. The number of hydrogen-bond acceptors (Lipinski definition) is 3. The molecule has 0 atom stereocenters. The number of carbonyl (C=O) groups is 1. The van der Waals surface area contributed by atoms with Gasteiger partial charge in [-0.3, -0.25) is 9.78 Å². The lowest BCUT2D eigenvalue weighted by molar-refractivity contribution is -0.112. The number of aromatic nitrogens is 1. The second-order valence-electron chi connectivity index (χ2n) is 8.05. The van der Waals surface area contributed by atoms with Crippen molar-refractivity contribution in [3.63, 3.8) is 0 Å². The molecule has 0 amide bonds. The number of nitrogens with zero attached hydrogens (tertiary/aromatic N) is 1. The summed E-state index contributed by atoms with van der Waals surface area (Å²) in [5, 5.41) is 3.52. The van der Waals surface area contributed by atoms with Crippen molar-refractivity contribution < 1.29 is 4.79 Å². The zero-order valence-electron chi connectivity index (χ0n) is 16.4. The van der Waals surface area contributed by atoms with Crippen molar-refractivity contribution in [3.8, 4) is 11.1 Å². The van der Waals surface area contributed by atoms with Crippen LogP contribution in [0.3, 0.4) is 0 Å². The molecule has 0 radical (unpaired) electrons. The first kappa shape index (κ1) is 17.2. The summed E-state index contributed by atoms with van der Waals surface area (Å²) >= 11 is 0. The molecular formula is C25H24N2O. The number of carbonyl (C=O) groups excluding carboxylic acids is 1. The van der Waals surface area contributed by atoms with Gasteiger partial charge in [-0.1, -0.05) is 29.9 Å². The molecule has 1 aliphatic heterocycles. The van der Waals surface area contributed by atoms with Crippen LogP contribution in [0, 0.1) is 6.92 Å². The van der Waals surface area contributed by atoms with E-state index >= 15 is 0 Å². The summed E-state index contributed by atoms with van der Waals surface area (Å²) in [4.78, 5) is 17.4. The molecule has 2 aliphatic carbocycles. The van der Waals surface area contributed by atoms with Crippen LogP contribution in [0.1, 0.15) is 42.1 Å². The quantitative estimate of drug-likeness (QED) is 0.741. The Hall–Kier alpha value is -2.94. The highest BCUT2D eigenvalue weighted by Crippen LogP contribution is 2.37. The number of nitrogens with one attached hydrogen (secondary N) is 1. The van der Waals surface area contributed by atoms with Crippen molar-refractivity contribution in [1.29, 1.82) is 0 Å². The molecule has 0 fully saturated rings. The second kappa shape index (κ2) is 6.59. The monoisotopic (exact) mass is 368 g/mol. The van der Waals surface area contributed by atoms with Gasteiger partial charge in [0.1, 0.15) is 0 Å². The Bertz CT molecular complexity index is 1100. The summed E-state index contributed by atoms with van der Waals surface area (Å²) in [5.74, 6) is 0.222. The van der Waals surface area contributed by atoms with Crippen LogP contribution in [0.5, 0.6) is 0 Å². The third-order valence-electron chi connectivity index (χ3n) is 6.07. The lowest BCUT2D eigenvalue weighted by Gasteiger charge is -2.21. The number of hydrogen-bond donors (Lipinski definition) is 1. The number of allylic oxidation sites excluding steroid dienone is 6. The van der Waals surface area contributed by atoms with Gasteiger partial charge < -0.3 is 5.32 Å². The number of Topliss-reactive ketones (excluding diaryl/α,β-unsaturated/α-hetero) is 1. The van der Waals surface area contributed by atoms with E-state index in [1.165, 1.54) is 28.1 Å². The van der Waals surface area contributed by atoms with E-state index in [4.69, 9.17) is 4.98 Å². The molecule has 5 rings (SSSR count). The largest absolute Gasteiger partial charge is 0.383 e. The Morgan fingerprint density at radius 1 is 1.18 bits per heavy atom. The van der Waals surface area contributed by atoms with Gasteiger partial charge in [0.15, 0.2) is 5.78 Å². The minimum Gasteiger partial charge on any atom is -0.383 e. The van der Waals surface area contributed by atoms with Crippen LogP contribution >= 0.6 is 0 Å². The molecule has 0 saturated carbocycles. The Morgan fingerprint density at radius 2 is 2.07 bits per heavy atom. The van der Waals surface area contributed by atoms with E-state index in [9.17, 15) is 4.79 Å². The third kappa shape index (κ3) is 2.82. The summed E-state index contributed by atoms with van der Waals surface area (Å²) < 4.78 is 0. The van der Waals surface area contributed by atoms with Gasteiger partial charge in [-0.05, 0) is 73.1 Å². The van der Waals surface area contributed by atoms with Crippen LogP contribution in [0.25, 0.3) is 16.7 Å². The molecule has 0 bridgehead atoms. The lowest BCUT2D eigenvalue weighted by Crippen LogP contribution is -2.14. The van der Waals surface area contributed by atoms with Crippen LogP contribution < -0.4 is 5.32 Å². The molecule has 3 aliphatic rings. The number of fused-ring (bicyclic) bond motifs is 2. The zero-order valence-corrected chi connectivity index (χ0v) is 16.4. The Balaban J connectivity index is 1.58. The molecule has 2 heterocycles. The molecule has 1 aromatic carbocycles. The number of anilines is 1. The van der Waals surface area contributed by atoms with Crippen molar-refractivity contribution in [1.82, 2.24) is 4.98 Å². The van der Waals surface area contributed by atoms with Crippen LogP contribution in [-0.4, -0.2) is 17.3 Å². The van der Waals surface area contributed by atoms with Crippen LogP contribution in [0.2, 0.25) is 0 Å². The first-order valence-electron chi connectivity index (χ1n) is 10.1.